The molecule has 0 saturated carbocycles. The van der Waals surface area contributed by atoms with Crippen LogP contribution in [0.25, 0.3) is 15.8 Å². The van der Waals surface area contributed by atoms with Crippen molar-refractivity contribution in [1.82, 2.24) is 13.5 Å². The Labute approximate surface area is 164 Å². The smallest absolute Gasteiger partial charge is 0.431 e. The molecule has 0 aliphatic rings. The van der Waals surface area contributed by atoms with Gasteiger partial charge < -0.3 is 9.47 Å². The lowest BCUT2D eigenvalue weighted by molar-refractivity contribution is -0.144. The van der Waals surface area contributed by atoms with Crippen LogP contribution in [0.2, 0.25) is 0 Å². The van der Waals surface area contributed by atoms with Crippen LogP contribution in [0.1, 0.15) is 16.2 Å². The van der Waals surface area contributed by atoms with Gasteiger partial charge in [-0.05, 0) is 29.7 Å². The van der Waals surface area contributed by atoms with Gasteiger partial charge >= 0.3 is 17.8 Å². The Balaban J connectivity index is 2.11. The van der Waals surface area contributed by atoms with E-state index in [4.69, 9.17) is 9.47 Å². The van der Waals surface area contributed by atoms with Crippen LogP contribution in [0.15, 0.2) is 33.9 Å². The number of carbonyl (C=O) groups excluding carboxylic acids is 1. The van der Waals surface area contributed by atoms with Gasteiger partial charge in [-0.25, -0.2) is 14.2 Å². The van der Waals surface area contributed by atoms with E-state index in [-0.39, 0.29) is 24.6 Å². The Morgan fingerprint density at radius 3 is 2.59 bits per heavy atom. The molecule has 0 radical (unpaired) electrons. The molecule has 0 N–H and O–H groups in total. The lowest BCUT2D eigenvalue weighted by Gasteiger charge is -2.14. The van der Waals surface area contributed by atoms with E-state index in [0.29, 0.717) is 25.3 Å². The van der Waals surface area contributed by atoms with Gasteiger partial charge in [0.05, 0.1) is 17.0 Å². The highest BCUT2D eigenvalue weighted by Gasteiger charge is 2.35. The van der Waals surface area contributed by atoms with Crippen LogP contribution in [0.4, 0.5) is 13.2 Å². The van der Waals surface area contributed by atoms with Gasteiger partial charge in [-0.2, -0.15) is 17.5 Å². The first-order valence-corrected chi connectivity index (χ1v) is 8.88. The molecule has 154 valence electrons. The van der Waals surface area contributed by atoms with Crippen molar-refractivity contribution in [3.05, 3.63) is 56.5 Å². The van der Waals surface area contributed by atoms with Gasteiger partial charge in [0.25, 0.3) is 5.56 Å². The van der Waals surface area contributed by atoms with Crippen LogP contribution in [0.5, 0.6) is 0 Å². The van der Waals surface area contributed by atoms with Gasteiger partial charge in [0.1, 0.15) is 12.3 Å². The minimum Gasteiger partial charge on any atom is -0.458 e. The summed E-state index contributed by atoms with van der Waals surface area (Å²) in [5.41, 5.74) is -3.70. The van der Waals surface area contributed by atoms with Crippen LogP contribution >= 0.6 is 11.5 Å². The molecule has 0 aliphatic carbocycles. The highest BCUT2D eigenvalue weighted by molar-refractivity contribution is 7.13. The molecule has 2 aromatic heterocycles. The molecule has 0 aliphatic heterocycles. The Morgan fingerprint density at radius 2 is 1.93 bits per heavy atom. The molecule has 0 fully saturated rings. The summed E-state index contributed by atoms with van der Waals surface area (Å²) in [7, 11) is 2.37. The molecule has 0 saturated heterocycles. The van der Waals surface area contributed by atoms with Gasteiger partial charge in [0, 0.05) is 25.6 Å². The molecular formula is C17H14F3N3O5S. The lowest BCUT2D eigenvalue weighted by atomic mass is 10.2. The number of ether oxygens (including phenoxy) is 2. The normalized spacial score (nSPS) is 11.8. The third-order valence-corrected chi connectivity index (χ3v) is 4.86. The highest BCUT2D eigenvalue weighted by Crippen LogP contribution is 2.28. The van der Waals surface area contributed by atoms with Crippen molar-refractivity contribution in [1.29, 1.82) is 0 Å². The van der Waals surface area contributed by atoms with Gasteiger partial charge in [-0.1, -0.05) is 0 Å². The van der Waals surface area contributed by atoms with E-state index < -0.39 is 29.1 Å². The average molecular weight is 429 g/mol. The molecule has 0 bridgehead atoms. The predicted molar refractivity (Wildman–Crippen MR) is 97.6 cm³/mol. The molecule has 12 heteroatoms. The summed E-state index contributed by atoms with van der Waals surface area (Å²) in [5.74, 6) is -0.724. The molecular weight excluding hydrogens is 415 g/mol. The van der Waals surface area contributed by atoms with E-state index in [1.807, 2.05) is 0 Å². The van der Waals surface area contributed by atoms with E-state index in [0.717, 1.165) is 18.6 Å². The molecule has 3 rings (SSSR count). The standard InChI is InChI=1S/C17H14F3N3O5S/c1-22-12(17(18,19)20)8-13(24)23(16(22)26)9-3-4-11-10(7-9)14(21-29-11)15(25)28-6-5-27-2/h3-4,7-8H,5-6H2,1-2H3. The second-order valence-corrected chi connectivity index (χ2v) is 6.69. The fourth-order valence-electron chi connectivity index (χ4n) is 2.63. The van der Waals surface area contributed by atoms with Crippen LogP contribution in [0.3, 0.4) is 0 Å². The maximum absolute atomic E-state index is 13.0. The van der Waals surface area contributed by atoms with Crippen LogP contribution in [-0.4, -0.2) is 39.8 Å². The van der Waals surface area contributed by atoms with Crippen LogP contribution in [0, 0.1) is 0 Å². The van der Waals surface area contributed by atoms with Crippen molar-refractivity contribution in [2.75, 3.05) is 20.3 Å². The van der Waals surface area contributed by atoms with Crippen molar-refractivity contribution >= 4 is 27.6 Å². The fourth-order valence-corrected chi connectivity index (χ4v) is 3.38. The third kappa shape index (κ3) is 3.93. The molecule has 0 amide bonds. The second-order valence-electron chi connectivity index (χ2n) is 5.88. The minimum atomic E-state index is -4.85. The first-order valence-electron chi connectivity index (χ1n) is 8.11. The zero-order chi connectivity index (χ0) is 21.3. The van der Waals surface area contributed by atoms with Gasteiger partial charge in [-0.15, -0.1) is 0 Å². The number of hydrogen-bond acceptors (Lipinski definition) is 7. The number of halogens is 3. The Kier molecular flexibility index (Phi) is 5.57. The molecule has 3 aromatic rings. The van der Waals surface area contributed by atoms with Crippen LogP contribution in [-0.2, 0) is 22.7 Å². The van der Waals surface area contributed by atoms with E-state index in [1.165, 1.54) is 25.3 Å². The number of nitrogens with zero attached hydrogens (tertiary/aromatic N) is 3. The summed E-state index contributed by atoms with van der Waals surface area (Å²) in [5, 5.41) is 0.309. The number of carbonyl (C=O) groups is 1. The number of esters is 1. The summed E-state index contributed by atoms with van der Waals surface area (Å²) in [6.45, 7) is 0.197. The summed E-state index contributed by atoms with van der Waals surface area (Å²) < 4.78 is 54.4. The largest absolute Gasteiger partial charge is 0.458 e. The zero-order valence-electron chi connectivity index (χ0n) is 15.1. The number of alkyl halides is 3. The number of fused-ring (bicyclic) bond motifs is 1. The van der Waals surface area contributed by atoms with E-state index in [2.05, 4.69) is 4.37 Å². The van der Waals surface area contributed by atoms with E-state index >= 15 is 0 Å². The topological polar surface area (TPSA) is 92.4 Å². The summed E-state index contributed by atoms with van der Waals surface area (Å²) in [4.78, 5) is 36.9. The Hall–Kier alpha value is -2.99. The maximum Gasteiger partial charge on any atom is 0.431 e. The summed E-state index contributed by atoms with van der Waals surface area (Å²) in [6.07, 6.45) is -4.85. The summed E-state index contributed by atoms with van der Waals surface area (Å²) >= 11 is 1.00. The first kappa shape index (κ1) is 20.7. The molecule has 0 unspecified atom stereocenters. The number of aromatic nitrogens is 3. The Morgan fingerprint density at radius 1 is 1.21 bits per heavy atom. The van der Waals surface area contributed by atoms with Gasteiger partial charge in [0.2, 0.25) is 0 Å². The van der Waals surface area contributed by atoms with Crippen molar-refractivity contribution in [3.8, 4) is 5.69 Å². The van der Waals surface area contributed by atoms with Crippen molar-refractivity contribution in [3.63, 3.8) is 0 Å². The van der Waals surface area contributed by atoms with Crippen molar-refractivity contribution in [2.45, 2.75) is 6.18 Å². The average Bonchev–Trinajstić information content (AvgIpc) is 3.07. The third-order valence-electron chi connectivity index (χ3n) is 4.04. The minimum absolute atomic E-state index is 0.00275. The quantitative estimate of drug-likeness (QED) is 0.455. The second kappa shape index (κ2) is 7.79. The van der Waals surface area contributed by atoms with Crippen LogP contribution < -0.4 is 11.2 Å². The number of methoxy groups -OCH3 is 1. The molecule has 0 atom stereocenters. The van der Waals surface area contributed by atoms with E-state index in [9.17, 15) is 27.6 Å². The molecule has 1 aromatic carbocycles. The van der Waals surface area contributed by atoms with Gasteiger partial charge in [-0.3, -0.25) is 9.36 Å². The fraction of sp³-hybridized carbons (Fsp3) is 0.294. The molecule has 8 nitrogen and oxygen atoms in total. The van der Waals surface area contributed by atoms with Gasteiger partial charge in [0.15, 0.2) is 5.69 Å². The number of benzene rings is 1. The molecule has 2 heterocycles. The predicted octanol–water partition coefficient (Wildman–Crippen LogP) is 1.97. The summed E-state index contributed by atoms with van der Waals surface area (Å²) in [6, 6.07) is 4.58. The molecule has 0 spiro atoms. The van der Waals surface area contributed by atoms with Crippen molar-refractivity contribution in [2.24, 2.45) is 7.05 Å². The zero-order valence-corrected chi connectivity index (χ0v) is 16.0. The molecule has 29 heavy (non-hydrogen) atoms. The number of rotatable bonds is 5. The SMILES string of the molecule is COCCOC(=O)c1nsc2ccc(-n3c(=O)cc(C(F)(F)F)n(C)c3=O)cc12. The monoisotopic (exact) mass is 429 g/mol. The first-order chi connectivity index (χ1) is 13.6. The maximum atomic E-state index is 13.0. The number of hydrogen-bond donors (Lipinski definition) is 0. The lowest BCUT2D eigenvalue weighted by Crippen LogP contribution is -2.40. The Bertz CT molecular complexity index is 1200. The van der Waals surface area contributed by atoms with Crippen molar-refractivity contribution < 1.29 is 27.4 Å². The highest BCUT2D eigenvalue weighted by atomic mass is 32.1. The van der Waals surface area contributed by atoms with E-state index in [1.54, 1.807) is 0 Å².